The lowest BCUT2D eigenvalue weighted by Crippen LogP contribution is -2.23. The topological polar surface area (TPSA) is 76.9 Å². The Hall–Kier alpha value is -2.65. The minimum Gasteiger partial charge on any atom is -0.266 e. The molecule has 0 spiro atoms. The molecule has 3 rings (SSSR count). The summed E-state index contributed by atoms with van der Waals surface area (Å²) >= 11 is 0. The Morgan fingerprint density at radius 3 is 2.48 bits per heavy atom. The number of sulfonamides is 1. The second-order valence-electron chi connectivity index (χ2n) is 5.29. The van der Waals surface area contributed by atoms with Gasteiger partial charge in [0.15, 0.2) is 0 Å². The van der Waals surface area contributed by atoms with Crippen LogP contribution in [0, 0.1) is 11.6 Å². The summed E-state index contributed by atoms with van der Waals surface area (Å²) in [7, 11) is -2.35. The van der Waals surface area contributed by atoms with Gasteiger partial charge in [-0.15, -0.1) is 0 Å². The van der Waals surface area contributed by atoms with E-state index in [1.165, 1.54) is 0 Å². The minimum atomic E-state index is -4.07. The van der Waals surface area contributed by atoms with E-state index in [1.54, 1.807) is 36.1 Å². The Morgan fingerprint density at radius 1 is 1.12 bits per heavy atom. The Kier molecular flexibility index (Phi) is 4.60. The molecule has 0 amide bonds. The molecule has 0 atom stereocenters. The van der Waals surface area contributed by atoms with Gasteiger partial charge in [-0.1, -0.05) is 6.07 Å². The van der Waals surface area contributed by atoms with Crippen LogP contribution in [0.4, 0.5) is 8.78 Å². The molecule has 0 bridgehead atoms. The lowest BCUT2D eigenvalue weighted by atomic mass is 10.2. The number of hydrogen-bond acceptors (Lipinski definition) is 4. The molecule has 0 saturated carbocycles. The van der Waals surface area contributed by atoms with E-state index < -0.39 is 26.6 Å². The van der Waals surface area contributed by atoms with Crippen molar-refractivity contribution in [2.24, 2.45) is 7.05 Å². The van der Waals surface area contributed by atoms with Crippen molar-refractivity contribution in [3.8, 4) is 11.4 Å². The first-order valence-electron chi connectivity index (χ1n) is 7.25. The molecule has 1 aromatic carbocycles. The van der Waals surface area contributed by atoms with Crippen molar-refractivity contribution < 1.29 is 17.2 Å². The molecule has 3 aromatic rings. The first kappa shape index (κ1) is 17.2. The highest BCUT2D eigenvalue weighted by Crippen LogP contribution is 2.18. The molecule has 0 unspecified atom stereocenters. The van der Waals surface area contributed by atoms with Crippen LogP contribution in [0.5, 0.6) is 0 Å². The van der Waals surface area contributed by atoms with Crippen molar-refractivity contribution in [3.63, 3.8) is 0 Å². The summed E-state index contributed by atoms with van der Waals surface area (Å²) in [5.74, 6) is -1.92. The lowest BCUT2D eigenvalue weighted by molar-refractivity contribution is 0.560. The van der Waals surface area contributed by atoms with E-state index >= 15 is 0 Å². The second kappa shape index (κ2) is 6.69. The quantitative estimate of drug-likeness (QED) is 0.753. The fourth-order valence-electron chi connectivity index (χ4n) is 2.30. The van der Waals surface area contributed by atoms with E-state index in [0.29, 0.717) is 23.1 Å². The maximum Gasteiger partial charge on any atom is 0.241 e. The molecule has 9 heteroatoms. The van der Waals surface area contributed by atoms with E-state index in [0.717, 1.165) is 12.1 Å². The van der Waals surface area contributed by atoms with E-state index in [9.17, 15) is 17.2 Å². The zero-order chi connectivity index (χ0) is 18.0. The van der Waals surface area contributed by atoms with E-state index in [2.05, 4.69) is 14.8 Å². The maximum atomic E-state index is 13.2. The molecule has 0 fully saturated rings. The predicted molar refractivity (Wildman–Crippen MR) is 86.8 cm³/mol. The highest BCUT2D eigenvalue weighted by Gasteiger charge is 2.17. The molecular formula is C16H14F2N4O2S. The molecule has 0 saturated heterocycles. The van der Waals surface area contributed by atoms with Gasteiger partial charge < -0.3 is 0 Å². The zero-order valence-corrected chi connectivity index (χ0v) is 14.0. The van der Waals surface area contributed by atoms with Crippen LogP contribution in [0.1, 0.15) is 5.69 Å². The smallest absolute Gasteiger partial charge is 0.241 e. The fourth-order valence-corrected chi connectivity index (χ4v) is 3.34. The lowest BCUT2D eigenvalue weighted by Gasteiger charge is -2.05. The van der Waals surface area contributed by atoms with Crippen LogP contribution in [0.2, 0.25) is 0 Å². The number of rotatable bonds is 5. The molecule has 130 valence electrons. The number of pyridine rings is 1. The number of benzene rings is 1. The Balaban J connectivity index is 1.80. The first-order valence-corrected chi connectivity index (χ1v) is 8.73. The molecule has 0 aliphatic heterocycles. The Labute approximate surface area is 143 Å². The number of aromatic nitrogens is 3. The average molecular weight is 364 g/mol. The van der Waals surface area contributed by atoms with Crippen LogP contribution in [-0.4, -0.2) is 23.2 Å². The third-order valence-electron chi connectivity index (χ3n) is 3.45. The average Bonchev–Trinajstić information content (AvgIpc) is 2.94. The van der Waals surface area contributed by atoms with E-state index in [4.69, 9.17) is 0 Å². The van der Waals surface area contributed by atoms with Crippen molar-refractivity contribution in [3.05, 3.63) is 66.0 Å². The summed E-state index contributed by atoms with van der Waals surface area (Å²) in [5, 5.41) is 4.22. The largest absolute Gasteiger partial charge is 0.266 e. The van der Waals surface area contributed by atoms with Crippen LogP contribution in [-0.2, 0) is 23.6 Å². The molecule has 2 heterocycles. The molecule has 2 aromatic heterocycles. The summed E-state index contributed by atoms with van der Waals surface area (Å²) in [6, 6.07) is 9.23. The SMILES string of the molecule is Cn1nc(CNS(=O)(=O)c2cc(F)cc(F)c2)cc1-c1ccccn1. The van der Waals surface area contributed by atoms with Gasteiger partial charge in [0.1, 0.15) is 11.6 Å². The van der Waals surface area contributed by atoms with Gasteiger partial charge in [0, 0.05) is 19.3 Å². The van der Waals surface area contributed by atoms with Gasteiger partial charge >= 0.3 is 0 Å². The number of nitrogens with zero attached hydrogens (tertiary/aromatic N) is 3. The van der Waals surface area contributed by atoms with Gasteiger partial charge in [0.2, 0.25) is 10.0 Å². The summed E-state index contributed by atoms with van der Waals surface area (Å²) < 4.78 is 54.6. The van der Waals surface area contributed by atoms with Crippen LogP contribution in [0.25, 0.3) is 11.4 Å². The maximum absolute atomic E-state index is 13.2. The highest BCUT2D eigenvalue weighted by molar-refractivity contribution is 7.89. The molecular weight excluding hydrogens is 350 g/mol. The molecule has 25 heavy (non-hydrogen) atoms. The molecule has 0 radical (unpaired) electrons. The van der Waals surface area contributed by atoms with Crippen molar-refractivity contribution >= 4 is 10.0 Å². The van der Waals surface area contributed by atoms with Gasteiger partial charge in [0.05, 0.1) is 28.5 Å². The summed E-state index contributed by atoms with van der Waals surface area (Å²) in [6.07, 6.45) is 1.64. The van der Waals surface area contributed by atoms with Gasteiger partial charge in [-0.3, -0.25) is 9.67 Å². The Morgan fingerprint density at radius 2 is 1.84 bits per heavy atom. The summed E-state index contributed by atoms with van der Waals surface area (Å²) in [4.78, 5) is 3.74. The summed E-state index contributed by atoms with van der Waals surface area (Å²) in [5.41, 5.74) is 1.86. The van der Waals surface area contributed by atoms with Crippen LogP contribution < -0.4 is 4.72 Å². The molecule has 1 N–H and O–H groups in total. The van der Waals surface area contributed by atoms with Crippen LogP contribution in [0.15, 0.2) is 53.6 Å². The van der Waals surface area contributed by atoms with Crippen molar-refractivity contribution in [1.29, 1.82) is 0 Å². The third kappa shape index (κ3) is 3.89. The van der Waals surface area contributed by atoms with Gasteiger partial charge in [-0.05, 0) is 30.3 Å². The van der Waals surface area contributed by atoms with Crippen molar-refractivity contribution in [1.82, 2.24) is 19.5 Å². The van der Waals surface area contributed by atoms with Crippen LogP contribution >= 0.6 is 0 Å². The van der Waals surface area contributed by atoms with Gasteiger partial charge in [-0.2, -0.15) is 5.10 Å². The zero-order valence-electron chi connectivity index (χ0n) is 13.1. The molecule has 6 nitrogen and oxygen atoms in total. The predicted octanol–water partition coefficient (Wildman–Crippen LogP) is 2.24. The molecule has 0 aliphatic rings. The van der Waals surface area contributed by atoms with E-state index in [-0.39, 0.29) is 6.54 Å². The number of hydrogen-bond donors (Lipinski definition) is 1. The fraction of sp³-hybridized carbons (Fsp3) is 0.125. The number of aryl methyl sites for hydroxylation is 1. The normalized spacial score (nSPS) is 11.6. The second-order valence-corrected chi connectivity index (χ2v) is 7.06. The van der Waals surface area contributed by atoms with Crippen molar-refractivity contribution in [2.45, 2.75) is 11.4 Å². The van der Waals surface area contributed by atoms with Gasteiger partial charge in [0.25, 0.3) is 0 Å². The first-order chi connectivity index (χ1) is 11.8. The highest BCUT2D eigenvalue weighted by atomic mass is 32.2. The number of halogens is 2. The van der Waals surface area contributed by atoms with E-state index in [1.807, 2.05) is 6.07 Å². The van der Waals surface area contributed by atoms with Crippen molar-refractivity contribution in [2.75, 3.05) is 0 Å². The monoisotopic (exact) mass is 364 g/mol. The van der Waals surface area contributed by atoms with Gasteiger partial charge in [-0.25, -0.2) is 21.9 Å². The van der Waals surface area contributed by atoms with Crippen LogP contribution in [0.3, 0.4) is 0 Å². The summed E-state index contributed by atoms with van der Waals surface area (Å²) in [6.45, 7) is -0.124. The standard InChI is InChI=1S/C16H14F2N4O2S/c1-22-16(15-4-2-3-5-19-15)9-13(21-22)10-20-25(23,24)14-7-11(17)6-12(18)8-14/h2-9,20H,10H2,1H3. The molecule has 0 aliphatic carbocycles. The minimum absolute atomic E-state index is 0.124. The third-order valence-corrected chi connectivity index (χ3v) is 4.83. The Bertz CT molecular complexity index is 984. The number of nitrogens with one attached hydrogen (secondary N) is 1.